The van der Waals surface area contributed by atoms with E-state index in [2.05, 4.69) is 72.8 Å². The lowest BCUT2D eigenvalue weighted by atomic mass is 9.96. The Bertz CT molecular complexity index is 977. The van der Waals surface area contributed by atoms with Gasteiger partial charge in [0.15, 0.2) is 14.7 Å². The lowest BCUT2D eigenvalue weighted by Crippen LogP contribution is -2.21. The summed E-state index contributed by atoms with van der Waals surface area (Å²) < 4.78 is 5.03. The second-order valence-corrected chi connectivity index (χ2v) is 9.95. The van der Waals surface area contributed by atoms with Crippen LogP contribution < -0.4 is 0 Å². The molecule has 0 atom stereocenters. The van der Waals surface area contributed by atoms with Gasteiger partial charge in [-0.2, -0.15) is 0 Å². The zero-order valence-corrected chi connectivity index (χ0v) is 16.6. The summed E-state index contributed by atoms with van der Waals surface area (Å²) in [6.07, 6.45) is 1.76. The predicted molar refractivity (Wildman–Crippen MR) is 109 cm³/mol. The molecular formula is C23H19O2S2+. The number of hydrogen-bond donors (Lipinski definition) is 0. The van der Waals surface area contributed by atoms with Crippen molar-refractivity contribution in [2.75, 3.05) is 7.11 Å². The van der Waals surface area contributed by atoms with Crippen molar-refractivity contribution in [1.82, 2.24) is 0 Å². The highest BCUT2D eigenvalue weighted by Crippen LogP contribution is 2.51. The highest BCUT2D eigenvalue weighted by molar-refractivity contribution is 8.04. The molecule has 3 aromatic rings. The number of rotatable bonds is 3. The number of esters is 1. The molecule has 2 nitrogen and oxygen atoms in total. The second-order valence-electron chi connectivity index (χ2n) is 6.90. The summed E-state index contributed by atoms with van der Waals surface area (Å²) in [6, 6.07) is 26.0. The minimum absolute atomic E-state index is 0.109. The Hall–Kier alpha value is -2.17. The number of hydrogen-bond acceptors (Lipinski definition) is 3. The first-order valence-corrected chi connectivity index (χ1v) is 11.1. The maximum atomic E-state index is 12.2. The molecule has 27 heavy (non-hydrogen) atoms. The quantitative estimate of drug-likeness (QED) is 0.343. The van der Waals surface area contributed by atoms with Gasteiger partial charge in [0.2, 0.25) is 0 Å². The largest absolute Gasteiger partial charge is 0.468 e. The van der Waals surface area contributed by atoms with E-state index in [1.807, 2.05) is 11.8 Å². The summed E-state index contributed by atoms with van der Waals surface area (Å²) >= 11 is 1.85. The van der Waals surface area contributed by atoms with Gasteiger partial charge in [-0.1, -0.05) is 48.2 Å². The number of benzene rings is 3. The van der Waals surface area contributed by atoms with Gasteiger partial charge in [0.05, 0.1) is 22.3 Å². The maximum absolute atomic E-state index is 12.2. The fraction of sp³-hybridized carbons (Fsp3) is 0.174. The van der Waals surface area contributed by atoms with E-state index >= 15 is 0 Å². The molecule has 3 aromatic carbocycles. The first-order chi connectivity index (χ1) is 13.2. The van der Waals surface area contributed by atoms with Crippen molar-refractivity contribution < 1.29 is 9.53 Å². The summed E-state index contributed by atoms with van der Waals surface area (Å²) in [5.74, 6) is -0.109. The van der Waals surface area contributed by atoms with Crippen molar-refractivity contribution in [3.63, 3.8) is 0 Å². The topological polar surface area (TPSA) is 26.3 Å². The van der Waals surface area contributed by atoms with Crippen LogP contribution in [-0.2, 0) is 25.8 Å². The number of carbonyl (C=O) groups is 1. The van der Waals surface area contributed by atoms with Crippen LogP contribution in [0.25, 0.3) is 0 Å². The van der Waals surface area contributed by atoms with Gasteiger partial charge >= 0.3 is 5.97 Å². The molecule has 1 saturated carbocycles. The molecule has 2 aliphatic rings. The van der Waals surface area contributed by atoms with Crippen molar-refractivity contribution in [3.05, 3.63) is 78.4 Å². The van der Waals surface area contributed by atoms with Gasteiger partial charge in [0.25, 0.3) is 0 Å². The molecule has 1 aliphatic carbocycles. The number of carbonyl (C=O) groups excluding carboxylic acids is 1. The zero-order valence-electron chi connectivity index (χ0n) is 15.0. The number of ether oxygens (including phenoxy) is 1. The standard InChI is InChI=1S/C23H19O2S2/c1-25-22(24)23(14-15-23)16-10-12-17(13-11-16)27-20-8-4-2-6-18(20)26-19-7-3-5-9-21(19)27/h2-13H,14-15H2,1H3/q+1. The average molecular weight is 392 g/mol. The fourth-order valence-electron chi connectivity index (χ4n) is 3.74. The Labute approximate surface area is 166 Å². The molecule has 4 heteroatoms. The minimum Gasteiger partial charge on any atom is -0.468 e. The number of fused-ring (bicyclic) bond motifs is 2. The Kier molecular flexibility index (Phi) is 4.06. The van der Waals surface area contributed by atoms with Crippen molar-refractivity contribution >= 4 is 28.6 Å². The van der Waals surface area contributed by atoms with Crippen LogP contribution >= 0.6 is 11.8 Å². The van der Waals surface area contributed by atoms with E-state index in [1.165, 1.54) is 31.6 Å². The highest BCUT2D eigenvalue weighted by Gasteiger charge is 2.52. The summed E-state index contributed by atoms with van der Waals surface area (Å²) in [5, 5.41) is 0. The third-order valence-electron chi connectivity index (χ3n) is 5.33. The molecular weight excluding hydrogens is 372 g/mol. The molecule has 0 N–H and O–H groups in total. The average Bonchev–Trinajstić information content (AvgIpc) is 3.53. The van der Waals surface area contributed by atoms with E-state index in [0.29, 0.717) is 0 Å². The van der Waals surface area contributed by atoms with Gasteiger partial charge in [-0.15, -0.1) is 0 Å². The molecule has 5 rings (SSSR count). The lowest BCUT2D eigenvalue weighted by Gasteiger charge is -2.19. The third-order valence-corrected chi connectivity index (χ3v) is 9.07. The van der Waals surface area contributed by atoms with E-state index < -0.39 is 5.41 Å². The van der Waals surface area contributed by atoms with E-state index in [0.717, 1.165) is 18.4 Å². The molecule has 1 aliphatic heterocycles. The molecule has 134 valence electrons. The summed E-state index contributed by atoms with van der Waals surface area (Å²) in [6.45, 7) is 0. The minimum atomic E-state index is -0.408. The van der Waals surface area contributed by atoms with Crippen molar-refractivity contribution in [3.8, 4) is 0 Å². The molecule has 0 amide bonds. The van der Waals surface area contributed by atoms with Crippen LogP contribution in [0.4, 0.5) is 0 Å². The summed E-state index contributed by atoms with van der Waals surface area (Å²) in [4.78, 5) is 18.9. The molecule has 0 aromatic heterocycles. The van der Waals surface area contributed by atoms with Crippen LogP contribution in [0.15, 0.2) is 97.3 Å². The Morgan fingerprint density at radius 2 is 1.44 bits per heavy atom. The molecule has 0 unspecified atom stereocenters. The smallest absolute Gasteiger partial charge is 0.316 e. The lowest BCUT2D eigenvalue weighted by molar-refractivity contribution is -0.143. The van der Waals surface area contributed by atoms with E-state index in [-0.39, 0.29) is 16.9 Å². The molecule has 0 saturated heterocycles. The number of methoxy groups -OCH3 is 1. The van der Waals surface area contributed by atoms with Gasteiger partial charge < -0.3 is 4.74 Å². The van der Waals surface area contributed by atoms with Gasteiger partial charge in [0, 0.05) is 0 Å². The first kappa shape index (κ1) is 17.0. The normalized spacial score (nSPS) is 16.9. The molecule has 1 heterocycles. The second kappa shape index (κ2) is 6.47. The monoisotopic (exact) mass is 391 g/mol. The molecule has 1 fully saturated rings. The van der Waals surface area contributed by atoms with Crippen LogP contribution in [0, 0.1) is 0 Å². The van der Waals surface area contributed by atoms with E-state index in [4.69, 9.17) is 4.74 Å². The van der Waals surface area contributed by atoms with Gasteiger partial charge in [-0.05, 0) is 54.8 Å². The van der Waals surface area contributed by atoms with Crippen LogP contribution in [-0.4, -0.2) is 13.1 Å². The third kappa shape index (κ3) is 2.70. The van der Waals surface area contributed by atoms with Crippen molar-refractivity contribution in [2.24, 2.45) is 0 Å². The summed E-state index contributed by atoms with van der Waals surface area (Å²) in [5.41, 5.74) is 0.670. The van der Waals surface area contributed by atoms with Crippen LogP contribution in [0.2, 0.25) is 0 Å². The van der Waals surface area contributed by atoms with Crippen LogP contribution in [0.3, 0.4) is 0 Å². The fourth-order valence-corrected chi connectivity index (χ4v) is 7.48. The molecule has 0 bridgehead atoms. The first-order valence-electron chi connectivity index (χ1n) is 9.02. The maximum Gasteiger partial charge on any atom is 0.316 e. The Balaban J connectivity index is 1.58. The Morgan fingerprint density at radius 1 is 0.889 bits per heavy atom. The van der Waals surface area contributed by atoms with E-state index in [1.54, 1.807) is 0 Å². The predicted octanol–water partition coefficient (Wildman–Crippen LogP) is 5.45. The SMILES string of the molecule is COC(=O)C1(c2ccc([S+]3c4ccccc4Sc4ccccc43)cc2)CC1. The van der Waals surface area contributed by atoms with Gasteiger partial charge in [-0.3, -0.25) is 4.79 Å². The van der Waals surface area contributed by atoms with Gasteiger partial charge in [-0.25, -0.2) is 0 Å². The zero-order chi connectivity index (χ0) is 18.4. The van der Waals surface area contributed by atoms with Crippen LogP contribution in [0.1, 0.15) is 18.4 Å². The van der Waals surface area contributed by atoms with Crippen molar-refractivity contribution in [2.45, 2.75) is 42.7 Å². The Morgan fingerprint density at radius 3 is 1.96 bits per heavy atom. The van der Waals surface area contributed by atoms with Crippen LogP contribution in [0.5, 0.6) is 0 Å². The van der Waals surface area contributed by atoms with E-state index in [9.17, 15) is 4.79 Å². The van der Waals surface area contributed by atoms with Crippen molar-refractivity contribution in [1.29, 1.82) is 0 Å². The van der Waals surface area contributed by atoms with Gasteiger partial charge in [0.1, 0.15) is 10.9 Å². The summed E-state index contributed by atoms with van der Waals surface area (Å²) in [7, 11) is 1.36. The molecule has 0 spiro atoms. The molecule has 0 radical (unpaired) electrons. The highest BCUT2D eigenvalue weighted by atomic mass is 32.2.